The van der Waals surface area contributed by atoms with E-state index >= 15 is 0 Å². The van der Waals surface area contributed by atoms with Gasteiger partial charge in [-0.3, -0.25) is 4.79 Å². The molecule has 1 aromatic heterocycles. The van der Waals surface area contributed by atoms with Crippen LogP contribution in [0.2, 0.25) is 5.02 Å². The number of hydrogen-bond donors (Lipinski definition) is 1. The number of amides is 1. The first-order valence-corrected chi connectivity index (χ1v) is 8.68. The SMILES string of the molecule is CCN(C(=O)c1cnc(Nc2ccc(C)c(Cl)c2)cn1)c1ccccc1. The van der Waals surface area contributed by atoms with E-state index in [4.69, 9.17) is 11.6 Å². The summed E-state index contributed by atoms with van der Waals surface area (Å²) >= 11 is 6.13. The van der Waals surface area contributed by atoms with Crippen LogP contribution < -0.4 is 10.2 Å². The summed E-state index contributed by atoms with van der Waals surface area (Å²) < 4.78 is 0. The van der Waals surface area contributed by atoms with E-state index in [1.807, 2.05) is 62.4 Å². The molecule has 5 nitrogen and oxygen atoms in total. The van der Waals surface area contributed by atoms with E-state index in [1.54, 1.807) is 11.1 Å². The van der Waals surface area contributed by atoms with Crippen molar-refractivity contribution < 1.29 is 4.79 Å². The van der Waals surface area contributed by atoms with E-state index in [-0.39, 0.29) is 5.91 Å². The van der Waals surface area contributed by atoms with E-state index in [1.165, 1.54) is 6.20 Å². The molecule has 3 aromatic rings. The van der Waals surface area contributed by atoms with Gasteiger partial charge >= 0.3 is 0 Å². The van der Waals surface area contributed by atoms with Gasteiger partial charge in [0.2, 0.25) is 0 Å². The summed E-state index contributed by atoms with van der Waals surface area (Å²) in [6.45, 7) is 4.42. The maximum Gasteiger partial charge on any atom is 0.278 e. The fourth-order valence-electron chi connectivity index (χ4n) is 2.51. The Kier molecular flexibility index (Phi) is 5.49. The van der Waals surface area contributed by atoms with E-state index in [0.717, 1.165) is 16.9 Å². The van der Waals surface area contributed by atoms with Crippen LogP contribution in [0.4, 0.5) is 17.2 Å². The van der Waals surface area contributed by atoms with Gasteiger partial charge in [-0.15, -0.1) is 0 Å². The molecule has 0 fully saturated rings. The molecule has 0 spiro atoms. The number of halogens is 1. The smallest absolute Gasteiger partial charge is 0.278 e. The van der Waals surface area contributed by atoms with Crippen molar-refractivity contribution in [2.45, 2.75) is 13.8 Å². The normalized spacial score (nSPS) is 10.4. The Morgan fingerprint density at radius 3 is 2.50 bits per heavy atom. The molecule has 0 bridgehead atoms. The van der Waals surface area contributed by atoms with E-state index in [9.17, 15) is 4.79 Å². The third kappa shape index (κ3) is 4.00. The minimum atomic E-state index is -0.184. The van der Waals surface area contributed by atoms with Crippen LogP contribution in [0, 0.1) is 6.92 Å². The summed E-state index contributed by atoms with van der Waals surface area (Å²) in [4.78, 5) is 22.9. The quantitative estimate of drug-likeness (QED) is 0.701. The van der Waals surface area contributed by atoms with Gasteiger partial charge in [-0.2, -0.15) is 0 Å². The third-order valence-electron chi connectivity index (χ3n) is 3.94. The first-order chi connectivity index (χ1) is 12.6. The van der Waals surface area contributed by atoms with Crippen LogP contribution in [0.5, 0.6) is 0 Å². The third-order valence-corrected chi connectivity index (χ3v) is 4.35. The average molecular weight is 367 g/mol. The van der Waals surface area contributed by atoms with E-state index in [0.29, 0.717) is 23.1 Å². The highest BCUT2D eigenvalue weighted by molar-refractivity contribution is 6.31. The summed E-state index contributed by atoms with van der Waals surface area (Å²) in [6.07, 6.45) is 3.02. The Bertz CT molecular complexity index is 897. The minimum absolute atomic E-state index is 0.184. The summed E-state index contributed by atoms with van der Waals surface area (Å²) in [5.41, 5.74) is 2.94. The van der Waals surface area contributed by atoms with Crippen LogP contribution in [-0.2, 0) is 0 Å². The lowest BCUT2D eigenvalue weighted by Crippen LogP contribution is -2.31. The Morgan fingerprint density at radius 1 is 1.12 bits per heavy atom. The lowest BCUT2D eigenvalue weighted by molar-refractivity contribution is 0.0983. The molecule has 0 aliphatic heterocycles. The van der Waals surface area contributed by atoms with Gasteiger partial charge in [0.25, 0.3) is 5.91 Å². The minimum Gasteiger partial charge on any atom is -0.339 e. The topological polar surface area (TPSA) is 58.1 Å². The van der Waals surface area contributed by atoms with Crippen LogP contribution in [-0.4, -0.2) is 22.4 Å². The molecule has 0 saturated carbocycles. The predicted molar refractivity (Wildman–Crippen MR) is 105 cm³/mol. The molecule has 0 atom stereocenters. The molecule has 1 N–H and O–H groups in total. The summed E-state index contributed by atoms with van der Waals surface area (Å²) in [5.74, 6) is 0.361. The number of aromatic nitrogens is 2. The van der Waals surface area contributed by atoms with Gasteiger partial charge in [-0.25, -0.2) is 9.97 Å². The molecule has 0 unspecified atom stereocenters. The first kappa shape index (κ1) is 17.9. The second kappa shape index (κ2) is 7.97. The van der Waals surface area contributed by atoms with Crippen LogP contribution in [0.3, 0.4) is 0 Å². The van der Waals surface area contributed by atoms with E-state index in [2.05, 4.69) is 15.3 Å². The molecule has 6 heteroatoms. The predicted octanol–water partition coefficient (Wildman–Crippen LogP) is 4.85. The van der Waals surface area contributed by atoms with Crippen molar-refractivity contribution in [1.29, 1.82) is 0 Å². The van der Waals surface area contributed by atoms with Crippen LogP contribution in [0.15, 0.2) is 60.9 Å². The zero-order valence-electron chi connectivity index (χ0n) is 14.6. The Morgan fingerprint density at radius 2 is 1.88 bits per heavy atom. The van der Waals surface area contributed by atoms with Crippen LogP contribution >= 0.6 is 11.6 Å². The molecule has 0 aliphatic rings. The molecule has 26 heavy (non-hydrogen) atoms. The Balaban J connectivity index is 1.76. The van der Waals surface area contributed by atoms with Crippen molar-refractivity contribution in [3.05, 3.63) is 77.2 Å². The maximum atomic E-state index is 12.7. The Hall–Kier alpha value is -2.92. The number of nitrogens with zero attached hydrogens (tertiary/aromatic N) is 3. The number of benzene rings is 2. The Labute approximate surface area is 157 Å². The summed E-state index contributed by atoms with van der Waals surface area (Å²) in [5, 5.41) is 3.81. The number of carbonyl (C=O) groups is 1. The monoisotopic (exact) mass is 366 g/mol. The highest BCUT2D eigenvalue weighted by Gasteiger charge is 2.17. The first-order valence-electron chi connectivity index (χ1n) is 8.30. The summed E-state index contributed by atoms with van der Waals surface area (Å²) in [6, 6.07) is 15.2. The number of nitrogens with one attached hydrogen (secondary N) is 1. The van der Waals surface area contributed by atoms with Crippen molar-refractivity contribution in [3.8, 4) is 0 Å². The van der Waals surface area contributed by atoms with Crippen molar-refractivity contribution in [2.24, 2.45) is 0 Å². The molecule has 1 heterocycles. The number of carbonyl (C=O) groups excluding carboxylic acids is 1. The molecule has 0 saturated heterocycles. The van der Waals surface area contributed by atoms with Crippen molar-refractivity contribution >= 4 is 34.7 Å². The van der Waals surface area contributed by atoms with Gasteiger partial charge in [-0.1, -0.05) is 35.9 Å². The molecule has 3 rings (SSSR count). The number of hydrogen-bond acceptors (Lipinski definition) is 4. The van der Waals surface area contributed by atoms with Crippen LogP contribution in [0.25, 0.3) is 0 Å². The second-order valence-electron chi connectivity index (χ2n) is 5.76. The van der Waals surface area contributed by atoms with Gasteiger partial charge in [0.05, 0.1) is 12.4 Å². The van der Waals surface area contributed by atoms with Gasteiger partial charge < -0.3 is 10.2 Å². The fraction of sp³-hybridized carbons (Fsp3) is 0.150. The molecule has 1 amide bonds. The van der Waals surface area contributed by atoms with Crippen molar-refractivity contribution in [2.75, 3.05) is 16.8 Å². The molecule has 0 aliphatic carbocycles. The van der Waals surface area contributed by atoms with Crippen molar-refractivity contribution in [3.63, 3.8) is 0 Å². The zero-order valence-corrected chi connectivity index (χ0v) is 15.4. The van der Waals surface area contributed by atoms with Gasteiger partial charge in [0, 0.05) is 22.9 Å². The fourth-order valence-corrected chi connectivity index (χ4v) is 2.69. The highest BCUT2D eigenvalue weighted by Crippen LogP contribution is 2.22. The van der Waals surface area contributed by atoms with Crippen LogP contribution in [0.1, 0.15) is 23.0 Å². The second-order valence-corrected chi connectivity index (χ2v) is 6.17. The lowest BCUT2D eigenvalue weighted by Gasteiger charge is -2.20. The number of rotatable bonds is 5. The van der Waals surface area contributed by atoms with Gasteiger partial charge in [0.15, 0.2) is 0 Å². The zero-order chi connectivity index (χ0) is 18.5. The van der Waals surface area contributed by atoms with E-state index < -0.39 is 0 Å². The largest absolute Gasteiger partial charge is 0.339 e. The average Bonchev–Trinajstić information content (AvgIpc) is 2.67. The molecule has 132 valence electrons. The number of anilines is 3. The lowest BCUT2D eigenvalue weighted by atomic mass is 10.2. The number of para-hydroxylation sites is 1. The molecular formula is C20H19ClN4O. The molecule has 2 aromatic carbocycles. The highest BCUT2D eigenvalue weighted by atomic mass is 35.5. The standard InChI is InChI=1S/C20H19ClN4O/c1-3-25(16-7-5-4-6-8-16)20(26)18-12-23-19(13-22-18)24-15-10-9-14(2)17(21)11-15/h4-13H,3H2,1-2H3,(H,23,24). The van der Waals surface area contributed by atoms with Gasteiger partial charge in [0.1, 0.15) is 11.5 Å². The molecule has 0 radical (unpaired) electrons. The summed E-state index contributed by atoms with van der Waals surface area (Å²) in [7, 11) is 0. The van der Waals surface area contributed by atoms with Crippen molar-refractivity contribution in [1.82, 2.24) is 9.97 Å². The van der Waals surface area contributed by atoms with Gasteiger partial charge in [-0.05, 0) is 43.7 Å². The number of aryl methyl sites for hydroxylation is 1. The molecular weight excluding hydrogens is 348 g/mol. The maximum absolute atomic E-state index is 12.7.